The van der Waals surface area contributed by atoms with Gasteiger partial charge in [-0.25, -0.2) is 0 Å². The van der Waals surface area contributed by atoms with Gasteiger partial charge < -0.3 is 5.32 Å². The van der Waals surface area contributed by atoms with Crippen LogP contribution in [0, 0.1) is 0 Å². The summed E-state index contributed by atoms with van der Waals surface area (Å²) in [5.41, 5.74) is -1.63. The largest absolute Gasteiger partial charge is 0.432 e. The van der Waals surface area contributed by atoms with Gasteiger partial charge in [-0.2, -0.15) is 13.2 Å². The second-order valence-electron chi connectivity index (χ2n) is 3.91. The van der Waals surface area contributed by atoms with E-state index in [0.717, 1.165) is 24.1 Å². The highest BCUT2D eigenvalue weighted by Crippen LogP contribution is 2.26. The molecule has 1 aliphatic heterocycles. The second kappa shape index (κ2) is 3.97. The summed E-state index contributed by atoms with van der Waals surface area (Å²) in [6.45, 7) is 1.11. The monoisotopic (exact) mass is 235 g/mol. The van der Waals surface area contributed by atoms with Gasteiger partial charge >= 0.3 is 6.18 Å². The lowest BCUT2D eigenvalue weighted by molar-refractivity contribution is -0.141. The molecule has 0 aromatic carbocycles. The minimum atomic E-state index is -4.49. The van der Waals surface area contributed by atoms with Gasteiger partial charge in [-0.05, 0) is 19.4 Å². The Kier molecular flexibility index (Phi) is 2.79. The molecule has 1 aromatic heterocycles. The summed E-state index contributed by atoms with van der Waals surface area (Å²) < 4.78 is 37.9. The predicted molar refractivity (Wildman–Crippen MR) is 51.1 cm³/mol. The van der Waals surface area contributed by atoms with E-state index >= 15 is 0 Å². The fourth-order valence-corrected chi connectivity index (χ4v) is 1.85. The van der Waals surface area contributed by atoms with E-state index in [2.05, 4.69) is 10.4 Å². The van der Waals surface area contributed by atoms with Crippen molar-refractivity contribution in [3.8, 4) is 0 Å². The first-order valence-corrected chi connectivity index (χ1v) is 5.07. The highest BCUT2D eigenvalue weighted by Gasteiger charge is 2.33. The van der Waals surface area contributed by atoms with Crippen molar-refractivity contribution in [1.29, 1.82) is 0 Å². The Morgan fingerprint density at radius 2 is 2.25 bits per heavy atom. The van der Waals surface area contributed by atoms with Crippen LogP contribution in [0.15, 0.2) is 10.9 Å². The van der Waals surface area contributed by atoms with Crippen molar-refractivity contribution < 1.29 is 13.2 Å². The molecule has 2 heterocycles. The quantitative estimate of drug-likeness (QED) is 0.801. The Labute approximate surface area is 89.4 Å². The number of nitrogens with zero attached hydrogens (tertiary/aromatic N) is 1. The number of H-pyrrole nitrogens is 1. The van der Waals surface area contributed by atoms with Gasteiger partial charge in [-0.3, -0.25) is 14.6 Å². The smallest absolute Gasteiger partial charge is 0.312 e. The lowest BCUT2D eigenvalue weighted by Crippen LogP contribution is -2.31. The fourth-order valence-electron chi connectivity index (χ4n) is 1.85. The van der Waals surface area contributed by atoms with Crippen molar-refractivity contribution in [1.82, 2.24) is 15.1 Å². The van der Waals surface area contributed by atoms with E-state index in [-0.39, 0.29) is 12.6 Å². The van der Waals surface area contributed by atoms with Crippen LogP contribution < -0.4 is 10.9 Å². The van der Waals surface area contributed by atoms with Crippen LogP contribution >= 0.6 is 0 Å². The average molecular weight is 235 g/mol. The highest BCUT2D eigenvalue weighted by molar-refractivity contribution is 5.04. The molecule has 1 fully saturated rings. The molecule has 2 N–H and O–H groups in total. The summed E-state index contributed by atoms with van der Waals surface area (Å²) in [7, 11) is 0. The first-order chi connectivity index (χ1) is 7.47. The molecule has 0 aliphatic carbocycles. The van der Waals surface area contributed by atoms with Crippen LogP contribution in [0.3, 0.4) is 0 Å². The topological polar surface area (TPSA) is 49.8 Å². The van der Waals surface area contributed by atoms with Gasteiger partial charge in [0.2, 0.25) is 0 Å². The Bertz CT molecular complexity index is 414. The van der Waals surface area contributed by atoms with Crippen molar-refractivity contribution >= 4 is 0 Å². The molecule has 0 amide bonds. The minimum Gasteiger partial charge on any atom is -0.312 e. The number of hydrogen-bond acceptors (Lipinski definition) is 2. The van der Waals surface area contributed by atoms with E-state index in [1.165, 1.54) is 0 Å². The Balaban J connectivity index is 2.15. The van der Waals surface area contributed by atoms with E-state index in [4.69, 9.17) is 0 Å². The summed E-state index contributed by atoms with van der Waals surface area (Å²) in [5, 5.41) is 5.21. The molecule has 1 atom stereocenters. The SMILES string of the molecule is O=c1cc(C(F)(F)F)[nH]n1CC1CCCN1. The Morgan fingerprint density at radius 1 is 1.50 bits per heavy atom. The molecule has 1 aliphatic rings. The second-order valence-corrected chi connectivity index (χ2v) is 3.91. The van der Waals surface area contributed by atoms with Crippen molar-refractivity contribution in [2.45, 2.75) is 31.6 Å². The summed E-state index contributed by atoms with van der Waals surface area (Å²) >= 11 is 0. The number of nitrogens with one attached hydrogen (secondary N) is 2. The van der Waals surface area contributed by atoms with Crippen molar-refractivity contribution in [3.05, 3.63) is 22.1 Å². The summed E-state index contributed by atoms with van der Waals surface area (Å²) in [6, 6.07) is 0.673. The minimum absolute atomic E-state index is 0.0810. The molecule has 16 heavy (non-hydrogen) atoms. The van der Waals surface area contributed by atoms with Crippen molar-refractivity contribution in [2.24, 2.45) is 0 Å². The Hall–Kier alpha value is -1.24. The maximum atomic E-state index is 12.3. The molecular weight excluding hydrogens is 223 g/mol. The van der Waals surface area contributed by atoms with Crippen LogP contribution in [0.1, 0.15) is 18.5 Å². The molecule has 2 rings (SSSR count). The van der Waals surface area contributed by atoms with Gasteiger partial charge in [0.15, 0.2) is 0 Å². The molecular formula is C9H12F3N3O. The van der Waals surface area contributed by atoms with Gasteiger partial charge in [-0.15, -0.1) is 0 Å². The van der Waals surface area contributed by atoms with E-state index in [1.54, 1.807) is 0 Å². The van der Waals surface area contributed by atoms with Gasteiger partial charge in [-0.1, -0.05) is 0 Å². The van der Waals surface area contributed by atoms with Gasteiger partial charge in [0.25, 0.3) is 5.56 Å². The molecule has 1 unspecified atom stereocenters. The lowest BCUT2D eigenvalue weighted by Gasteiger charge is -2.10. The molecule has 0 bridgehead atoms. The summed E-state index contributed by atoms with van der Waals surface area (Å²) in [6.07, 6.45) is -2.62. The predicted octanol–water partition coefficient (Wildman–Crippen LogP) is 0.947. The van der Waals surface area contributed by atoms with Gasteiger partial charge in [0.1, 0.15) is 5.69 Å². The van der Waals surface area contributed by atoms with E-state index in [0.29, 0.717) is 6.07 Å². The van der Waals surface area contributed by atoms with Crippen LogP contribution in [-0.4, -0.2) is 22.4 Å². The zero-order chi connectivity index (χ0) is 11.8. The van der Waals surface area contributed by atoms with Crippen LogP contribution in [0.4, 0.5) is 13.2 Å². The van der Waals surface area contributed by atoms with Crippen molar-refractivity contribution in [3.63, 3.8) is 0 Å². The molecule has 0 spiro atoms. The molecule has 1 aromatic rings. The zero-order valence-electron chi connectivity index (χ0n) is 8.47. The first-order valence-electron chi connectivity index (χ1n) is 5.07. The van der Waals surface area contributed by atoms with E-state index < -0.39 is 17.4 Å². The van der Waals surface area contributed by atoms with E-state index in [9.17, 15) is 18.0 Å². The Morgan fingerprint density at radius 3 is 2.75 bits per heavy atom. The molecule has 0 radical (unpaired) electrons. The molecule has 7 heteroatoms. The van der Waals surface area contributed by atoms with Crippen LogP contribution in [0.2, 0.25) is 0 Å². The van der Waals surface area contributed by atoms with Crippen LogP contribution in [0.25, 0.3) is 0 Å². The number of halogens is 3. The third-order valence-electron chi connectivity index (χ3n) is 2.66. The zero-order valence-corrected chi connectivity index (χ0v) is 8.47. The van der Waals surface area contributed by atoms with Crippen molar-refractivity contribution in [2.75, 3.05) is 6.54 Å². The normalized spacial score (nSPS) is 21.6. The van der Waals surface area contributed by atoms with Gasteiger partial charge in [0, 0.05) is 12.1 Å². The maximum Gasteiger partial charge on any atom is 0.432 e. The number of aromatic amines is 1. The summed E-state index contributed by atoms with van der Waals surface area (Å²) in [5.74, 6) is 0. The average Bonchev–Trinajstić information content (AvgIpc) is 2.76. The third kappa shape index (κ3) is 2.29. The highest BCUT2D eigenvalue weighted by atomic mass is 19.4. The van der Waals surface area contributed by atoms with E-state index in [1.807, 2.05) is 0 Å². The molecule has 0 saturated carbocycles. The number of hydrogen-bond donors (Lipinski definition) is 2. The third-order valence-corrected chi connectivity index (χ3v) is 2.66. The number of alkyl halides is 3. The first kappa shape index (κ1) is 11.3. The molecule has 90 valence electrons. The van der Waals surface area contributed by atoms with Gasteiger partial charge in [0.05, 0.1) is 6.54 Å². The number of rotatable bonds is 2. The molecule has 4 nitrogen and oxygen atoms in total. The maximum absolute atomic E-state index is 12.3. The molecule has 1 saturated heterocycles. The fraction of sp³-hybridized carbons (Fsp3) is 0.667. The lowest BCUT2D eigenvalue weighted by atomic mass is 10.2. The summed E-state index contributed by atoms with van der Waals surface area (Å²) in [4.78, 5) is 11.3. The standard InChI is InChI=1S/C9H12F3N3O/c10-9(11,12)7-4-8(16)15(14-7)5-6-2-1-3-13-6/h4,6,13-14H,1-3,5H2. The van der Waals surface area contributed by atoms with Crippen LogP contribution in [0.5, 0.6) is 0 Å². The number of aromatic nitrogens is 2. The van der Waals surface area contributed by atoms with Crippen LogP contribution in [-0.2, 0) is 12.7 Å².